The van der Waals surface area contributed by atoms with Gasteiger partial charge in [0.25, 0.3) is 5.56 Å². The lowest BCUT2D eigenvalue weighted by Crippen LogP contribution is -2.49. The van der Waals surface area contributed by atoms with Crippen LogP contribution in [0.25, 0.3) is 21.0 Å². The number of halogens is 1. The molecule has 0 bridgehead atoms. The summed E-state index contributed by atoms with van der Waals surface area (Å²) in [5.41, 5.74) is -0.137. The number of amides is 1. The van der Waals surface area contributed by atoms with Gasteiger partial charge in [-0.05, 0) is 49.9 Å². The Morgan fingerprint density at radius 2 is 2.08 bits per heavy atom. The van der Waals surface area contributed by atoms with E-state index in [-0.39, 0.29) is 12.5 Å². The molecule has 10 nitrogen and oxygen atoms in total. The maximum Gasteiger partial charge on any atom is 0.332 e. The summed E-state index contributed by atoms with van der Waals surface area (Å²) in [6, 6.07) is 3.20. The Hall–Kier alpha value is -3.77. The SMILES string of the molecule is CCCO[C@@H](Cn1c(=O)n([C@@H]2CCCN(C)C2=O)c(=O)c2c(C)c(-c3ncco3)sc21)c1cc(F)ccc1OC. The fraction of sp³-hybridized carbons (Fsp3) is 0.429. The summed E-state index contributed by atoms with van der Waals surface area (Å²) in [5, 5.41) is 0.305. The molecule has 12 heteroatoms. The van der Waals surface area contributed by atoms with Crippen LogP contribution in [0.4, 0.5) is 4.39 Å². The summed E-state index contributed by atoms with van der Waals surface area (Å²) in [4.78, 5) is 48.1. The lowest BCUT2D eigenvalue weighted by molar-refractivity contribution is -0.136. The van der Waals surface area contributed by atoms with Crippen LogP contribution in [-0.4, -0.2) is 52.2 Å². The van der Waals surface area contributed by atoms with Gasteiger partial charge in [0.05, 0.1) is 30.1 Å². The fourth-order valence-electron chi connectivity index (χ4n) is 5.21. The summed E-state index contributed by atoms with van der Waals surface area (Å²) < 4.78 is 34.1. The molecule has 40 heavy (non-hydrogen) atoms. The highest BCUT2D eigenvalue weighted by Crippen LogP contribution is 2.37. The third-order valence-corrected chi connectivity index (χ3v) is 8.53. The molecule has 1 aromatic carbocycles. The molecule has 1 fully saturated rings. The van der Waals surface area contributed by atoms with Crippen molar-refractivity contribution in [2.24, 2.45) is 0 Å². The average molecular weight is 571 g/mol. The molecule has 4 heterocycles. The first-order chi connectivity index (χ1) is 19.3. The number of carbonyl (C=O) groups excluding carboxylic acids is 1. The van der Waals surface area contributed by atoms with Gasteiger partial charge in [0.2, 0.25) is 11.8 Å². The molecule has 0 radical (unpaired) electrons. The van der Waals surface area contributed by atoms with Crippen molar-refractivity contribution in [3.63, 3.8) is 0 Å². The van der Waals surface area contributed by atoms with Gasteiger partial charge in [0, 0.05) is 25.8 Å². The molecule has 4 aromatic rings. The van der Waals surface area contributed by atoms with Crippen LogP contribution in [-0.2, 0) is 16.1 Å². The average Bonchev–Trinajstić information content (AvgIpc) is 3.59. The highest BCUT2D eigenvalue weighted by atomic mass is 32.1. The van der Waals surface area contributed by atoms with Gasteiger partial charge in [0.1, 0.15) is 34.8 Å². The number of fused-ring (bicyclic) bond motifs is 1. The Balaban J connectivity index is 1.77. The van der Waals surface area contributed by atoms with Gasteiger partial charge in [-0.25, -0.2) is 18.7 Å². The molecule has 0 N–H and O–H groups in total. The van der Waals surface area contributed by atoms with E-state index < -0.39 is 29.2 Å². The van der Waals surface area contributed by atoms with Gasteiger partial charge < -0.3 is 18.8 Å². The van der Waals surface area contributed by atoms with Gasteiger partial charge >= 0.3 is 5.69 Å². The van der Waals surface area contributed by atoms with Crippen LogP contribution in [0.1, 0.15) is 49.5 Å². The number of likely N-dealkylation sites (tertiary alicyclic amines) is 1. The van der Waals surface area contributed by atoms with E-state index in [1.165, 1.54) is 58.6 Å². The zero-order chi connectivity index (χ0) is 28.6. The summed E-state index contributed by atoms with van der Waals surface area (Å²) in [7, 11) is 3.15. The summed E-state index contributed by atoms with van der Waals surface area (Å²) in [5.74, 6) is -0.0326. The van der Waals surface area contributed by atoms with Crippen LogP contribution in [0.2, 0.25) is 0 Å². The van der Waals surface area contributed by atoms with Crippen molar-refractivity contribution in [1.82, 2.24) is 19.0 Å². The van der Waals surface area contributed by atoms with Crippen LogP contribution >= 0.6 is 11.3 Å². The van der Waals surface area contributed by atoms with Crippen molar-refractivity contribution in [3.8, 4) is 16.5 Å². The molecule has 0 spiro atoms. The van der Waals surface area contributed by atoms with Gasteiger partial charge in [0.15, 0.2) is 0 Å². The van der Waals surface area contributed by atoms with Crippen molar-refractivity contribution >= 4 is 27.5 Å². The molecule has 0 aliphatic carbocycles. The molecule has 3 aromatic heterocycles. The Morgan fingerprint density at radius 1 is 1.27 bits per heavy atom. The predicted molar refractivity (Wildman–Crippen MR) is 148 cm³/mol. The molecule has 5 rings (SSSR count). The molecule has 212 valence electrons. The quantitative estimate of drug-likeness (QED) is 0.295. The van der Waals surface area contributed by atoms with Crippen molar-refractivity contribution in [3.05, 3.63) is 68.4 Å². The number of benzene rings is 1. The van der Waals surface area contributed by atoms with Crippen LogP contribution in [0.3, 0.4) is 0 Å². The molecule has 0 saturated carbocycles. The van der Waals surface area contributed by atoms with E-state index in [1.54, 1.807) is 14.0 Å². The lowest BCUT2D eigenvalue weighted by Gasteiger charge is -2.30. The van der Waals surface area contributed by atoms with Crippen LogP contribution in [0, 0.1) is 12.7 Å². The second-order valence-electron chi connectivity index (χ2n) is 9.81. The van der Waals surface area contributed by atoms with Crippen molar-refractivity contribution < 1.29 is 23.1 Å². The zero-order valence-corrected chi connectivity index (χ0v) is 23.6. The summed E-state index contributed by atoms with van der Waals surface area (Å²) in [6.07, 6.45) is 3.87. The number of nitrogens with zero attached hydrogens (tertiary/aromatic N) is 4. The van der Waals surface area contributed by atoms with Crippen LogP contribution in [0.5, 0.6) is 5.75 Å². The van der Waals surface area contributed by atoms with E-state index >= 15 is 0 Å². The molecule has 1 aliphatic rings. The Kier molecular flexibility index (Phi) is 7.90. The first kappa shape index (κ1) is 27.8. The lowest BCUT2D eigenvalue weighted by atomic mass is 10.0. The third kappa shape index (κ3) is 4.86. The van der Waals surface area contributed by atoms with Crippen molar-refractivity contribution in [2.45, 2.75) is 51.8 Å². The Bertz CT molecular complexity index is 1660. The van der Waals surface area contributed by atoms with E-state index in [4.69, 9.17) is 13.9 Å². The Morgan fingerprint density at radius 3 is 2.77 bits per heavy atom. The maximum absolute atomic E-state index is 14.4. The largest absolute Gasteiger partial charge is 0.496 e. The number of hydrogen-bond donors (Lipinski definition) is 0. The topological polar surface area (TPSA) is 109 Å². The summed E-state index contributed by atoms with van der Waals surface area (Å²) >= 11 is 1.20. The number of carbonyl (C=O) groups is 1. The molecule has 0 unspecified atom stereocenters. The Labute approximate surface area is 233 Å². The highest BCUT2D eigenvalue weighted by Gasteiger charge is 2.33. The normalized spacial score (nSPS) is 16.6. The number of thiophene rings is 1. The van der Waals surface area contributed by atoms with E-state index in [0.717, 1.165) is 4.57 Å². The molecule has 2 atom stereocenters. The first-order valence-corrected chi connectivity index (χ1v) is 14.0. The number of likely N-dealkylation sites (N-methyl/N-ethyl adjacent to an activating group) is 1. The number of hydrogen-bond acceptors (Lipinski definition) is 8. The molecule has 1 aliphatic heterocycles. The number of rotatable bonds is 9. The third-order valence-electron chi connectivity index (χ3n) is 7.22. The highest BCUT2D eigenvalue weighted by molar-refractivity contribution is 7.22. The van der Waals surface area contributed by atoms with Crippen molar-refractivity contribution in [1.29, 1.82) is 0 Å². The van der Waals surface area contributed by atoms with E-state index in [2.05, 4.69) is 4.98 Å². The number of ether oxygens (including phenoxy) is 2. The number of aromatic nitrogens is 3. The monoisotopic (exact) mass is 570 g/mol. The van der Waals surface area contributed by atoms with Crippen LogP contribution < -0.4 is 16.0 Å². The van der Waals surface area contributed by atoms with Gasteiger partial charge in [-0.2, -0.15) is 0 Å². The van der Waals surface area contributed by atoms with Gasteiger partial charge in [-0.1, -0.05) is 6.92 Å². The smallest absolute Gasteiger partial charge is 0.332 e. The second kappa shape index (κ2) is 11.4. The minimum absolute atomic E-state index is 0.0445. The molecule has 1 amide bonds. The number of oxazole rings is 1. The summed E-state index contributed by atoms with van der Waals surface area (Å²) in [6.45, 7) is 4.57. The second-order valence-corrected chi connectivity index (χ2v) is 10.8. The standard InChI is InChI=1S/C28H31FN4O6S/c1-5-12-38-21(18-14-17(29)8-9-20(18)37-4)15-32-27-22(16(2)23(40-27)24-30-10-13-39-24)26(35)33(28(32)36)19-7-6-11-31(3)25(19)34/h8-10,13-14,19,21H,5-7,11-12,15H2,1-4H3/t19-,21+/m1/s1. The molecule has 1 saturated heterocycles. The number of piperidine rings is 1. The first-order valence-electron chi connectivity index (χ1n) is 13.1. The fourth-order valence-corrected chi connectivity index (χ4v) is 6.45. The molecular weight excluding hydrogens is 539 g/mol. The minimum Gasteiger partial charge on any atom is -0.496 e. The molecular formula is C28H31FN4O6S. The minimum atomic E-state index is -0.933. The van der Waals surface area contributed by atoms with Gasteiger partial charge in [-0.15, -0.1) is 11.3 Å². The van der Waals surface area contributed by atoms with E-state index in [0.29, 0.717) is 70.3 Å². The van der Waals surface area contributed by atoms with E-state index in [1.807, 2.05) is 6.92 Å². The number of aryl methyl sites for hydroxylation is 1. The predicted octanol–water partition coefficient (Wildman–Crippen LogP) is 4.30. The van der Waals surface area contributed by atoms with Crippen molar-refractivity contribution in [2.75, 3.05) is 27.3 Å². The van der Waals surface area contributed by atoms with Gasteiger partial charge in [-0.3, -0.25) is 14.2 Å². The van der Waals surface area contributed by atoms with E-state index in [9.17, 15) is 18.8 Å². The number of methoxy groups -OCH3 is 1. The zero-order valence-electron chi connectivity index (χ0n) is 22.8. The maximum atomic E-state index is 14.4. The van der Waals surface area contributed by atoms with Crippen LogP contribution in [0.15, 0.2) is 44.7 Å².